The molecule has 1 aliphatic carbocycles. The number of carboxylic acids is 1. The van der Waals surface area contributed by atoms with Gasteiger partial charge in [0.25, 0.3) is 0 Å². The van der Waals surface area contributed by atoms with E-state index < -0.39 is 5.97 Å². The predicted octanol–water partition coefficient (Wildman–Crippen LogP) is 1.15. The van der Waals surface area contributed by atoms with Gasteiger partial charge in [-0.25, -0.2) is 4.79 Å². The lowest BCUT2D eigenvalue weighted by Crippen LogP contribution is -2.56. The first-order valence-electron chi connectivity index (χ1n) is 6.33. The molecule has 1 aliphatic heterocycles. The molecule has 1 unspecified atom stereocenters. The second-order valence-electron chi connectivity index (χ2n) is 5.26. The summed E-state index contributed by atoms with van der Waals surface area (Å²) in [6.07, 6.45) is 3.68. The Morgan fingerprint density at radius 2 is 2.06 bits per heavy atom. The van der Waals surface area contributed by atoms with Crippen molar-refractivity contribution in [1.29, 1.82) is 0 Å². The molecule has 2 rings (SSSR count). The number of carbonyl (C=O) groups is 2. The van der Waals surface area contributed by atoms with Gasteiger partial charge in [0.15, 0.2) is 0 Å². The van der Waals surface area contributed by atoms with Gasteiger partial charge in [0.05, 0.1) is 5.92 Å². The minimum absolute atomic E-state index is 0.0421. The van der Waals surface area contributed by atoms with E-state index >= 15 is 0 Å². The van der Waals surface area contributed by atoms with Crippen molar-refractivity contribution in [3.05, 3.63) is 0 Å². The highest BCUT2D eigenvalue weighted by molar-refractivity contribution is 5.76. The van der Waals surface area contributed by atoms with Crippen LogP contribution in [0.1, 0.15) is 26.2 Å². The number of nitrogens with zero attached hydrogens (tertiary/aromatic N) is 1. The van der Waals surface area contributed by atoms with Crippen molar-refractivity contribution in [3.8, 4) is 0 Å². The van der Waals surface area contributed by atoms with Crippen molar-refractivity contribution >= 4 is 12.0 Å². The minimum atomic E-state index is -0.774. The molecule has 1 saturated carbocycles. The van der Waals surface area contributed by atoms with Crippen LogP contribution < -0.4 is 5.32 Å². The Bertz CT molecular complexity index is 309. The van der Waals surface area contributed by atoms with Crippen LogP contribution in [-0.4, -0.2) is 41.6 Å². The van der Waals surface area contributed by atoms with Crippen LogP contribution in [0.15, 0.2) is 0 Å². The normalized spacial score (nSPS) is 21.8. The van der Waals surface area contributed by atoms with E-state index in [2.05, 4.69) is 5.32 Å². The van der Waals surface area contributed by atoms with Crippen LogP contribution in [0, 0.1) is 17.8 Å². The van der Waals surface area contributed by atoms with Gasteiger partial charge in [0.1, 0.15) is 0 Å². The summed E-state index contributed by atoms with van der Waals surface area (Å²) in [5.41, 5.74) is 0. The van der Waals surface area contributed by atoms with E-state index in [1.807, 2.05) is 0 Å². The Balaban J connectivity index is 1.61. The van der Waals surface area contributed by atoms with E-state index in [-0.39, 0.29) is 17.9 Å². The number of hydrogen-bond donors (Lipinski definition) is 2. The highest BCUT2D eigenvalue weighted by Gasteiger charge is 2.37. The number of likely N-dealkylation sites (tertiary alicyclic amines) is 1. The number of nitrogens with one attached hydrogen (secondary N) is 1. The molecule has 0 radical (unpaired) electrons. The van der Waals surface area contributed by atoms with Gasteiger partial charge >= 0.3 is 12.0 Å². The number of rotatable bonds is 5. The van der Waals surface area contributed by atoms with Crippen LogP contribution in [0.4, 0.5) is 4.79 Å². The number of carboxylic acid groups (broad SMARTS) is 1. The summed E-state index contributed by atoms with van der Waals surface area (Å²) in [5.74, 6) is -0.192. The summed E-state index contributed by atoms with van der Waals surface area (Å²) in [5, 5.41) is 11.7. The molecule has 5 nitrogen and oxygen atoms in total. The van der Waals surface area contributed by atoms with Crippen molar-refractivity contribution in [3.63, 3.8) is 0 Å². The fourth-order valence-electron chi connectivity index (χ4n) is 2.10. The quantitative estimate of drug-likeness (QED) is 0.757. The smallest absolute Gasteiger partial charge is 0.317 e. The first kappa shape index (κ1) is 12.2. The molecule has 1 heterocycles. The maximum absolute atomic E-state index is 11.6. The van der Waals surface area contributed by atoms with Crippen molar-refractivity contribution in [2.75, 3.05) is 19.6 Å². The van der Waals surface area contributed by atoms with E-state index in [4.69, 9.17) is 5.11 Å². The van der Waals surface area contributed by atoms with Gasteiger partial charge in [-0.05, 0) is 12.3 Å². The van der Waals surface area contributed by atoms with Gasteiger partial charge < -0.3 is 15.3 Å². The molecule has 0 spiro atoms. The minimum Gasteiger partial charge on any atom is -0.481 e. The third kappa shape index (κ3) is 3.11. The van der Waals surface area contributed by atoms with E-state index in [0.29, 0.717) is 13.1 Å². The second-order valence-corrected chi connectivity index (χ2v) is 5.26. The van der Waals surface area contributed by atoms with E-state index in [1.165, 1.54) is 12.8 Å². The van der Waals surface area contributed by atoms with E-state index in [9.17, 15) is 9.59 Å². The van der Waals surface area contributed by atoms with Gasteiger partial charge in [-0.2, -0.15) is 0 Å². The maximum atomic E-state index is 11.6. The van der Waals surface area contributed by atoms with Crippen molar-refractivity contribution in [1.82, 2.24) is 10.2 Å². The van der Waals surface area contributed by atoms with Crippen LogP contribution in [-0.2, 0) is 4.79 Å². The van der Waals surface area contributed by atoms with Crippen LogP contribution in [0.2, 0.25) is 0 Å². The number of carbonyl (C=O) groups excluding carboxylic acids is 1. The lowest BCUT2D eigenvalue weighted by atomic mass is 9.87. The lowest BCUT2D eigenvalue weighted by molar-refractivity contribution is -0.144. The second kappa shape index (κ2) is 4.94. The highest BCUT2D eigenvalue weighted by atomic mass is 16.4. The average molecular weight is 240 g/mol. The fourth-order valence-corrected chi connectivity index (χ4v) is 2.10. The first-order chi connectivity index (χ1) is 8.08. The van der Waals surface area contributed by atoms with Crippen LogP contribution in [0.25, 0.3) is 0 Å². The summed E-state index contributed by atoms with van der Waals surface area (Å²) >= 11 is 0. The maximum Gasteiger partial charge on any atom is 0.317 e. The molecule has 0 aromatic rings. The Morgan fingerprint density at radius 3 is 2.59 bits per heavy atom. The van der Waals surface area contributed by atoms with Crippen LogP contribution >= 0.6 is 0 Å². The standard InChI is InChI=1S/C12H20N2O3/c1-8(11(15)16)10-6-14(7-10)12(17)13-5-4-9-2-3-9/h8-10H,2-7H2,1H3,(H,13,17)(H,15,16). The summed E-state index contributed by atoms with van der Waals surface area (Å²) in [6.45, 7) is 3.60. The third-order valence-electron chi connectivity index (χ3n) is 3.82. The molecule has 1 saturated heterocycles. The number of aliphatic carboxylic acids is 1. The van der Waals surface area contributed by atoms with Crippen molar-refractivity contribution in [2.24, 2.45) is 17.8 Å². The van der Waals surface area contributed by atoms with Gasteiger partial charge in [0.2, 0.25) is 0 Å². The monoisotopic (exact) mass is 240 g/mol. The third-order valence-corrected chi connectivity index (χ3v) is 3.82. The van der Waals surface area contributed by atoms with Crippen molar-refractivity contribution in [2.45, 2.75) is 26.2 Å². The summed E-state index contributed by atoms with van der Waals surface area (Å²) < 4.78 is 0. The molecule has 17 heavy (non-hydrogen) atoms. The SMILES string of the molecule is CC(C(=O)O)C1CN(C(=O)NCCC2CC2)C1. The lowest BCUT2D eigenvalue weighted by Gasteiger charge is -2.41. The van der Waals surface area contributed by atoms with Crippen molar-refractivity contribution < 1.29 is 14.7 Å². The zero-order valence-corrected chi connectivity index (χ0v) is 10.2. The molecule has 1 atom stereocenters. The molecule has 0 aromatic carbocycles. The Hall–Kier alpha value is -1.26. The number of hydrogen-bond acceptors (Lipinski definition) is 2. The van der Waals surface area contributed by atoms with Gasteiger partial charge in [0, 0.05) is 25.6 Å². The molecule has 5 heteroatoms. The average Bonchev–Trinajstić information content (AvgIpc) is 2.99. The zero-order chi connectivity index (χ0) is 12.4. The Labute approximate surface area is 101 Å². The molecular formula is C12H20N2O3. The number of amides is 2. The van der Waals surface area contributed by atoms with Gasteiger partial charge in [-0.15, -0.1) is 0 Å². The molecule has 2 aliphatic rings. The summed E-state index contributed by atoms with van der Waals surface area (Å²) in [6, 6.07) is -0.0421. The Kier molecular flexibility index (Phi) is 3.54. The Morgan fingerprint density at radius 1 is 1.41 bits per heavy atom. The molecule has 0 aromatic heterocycles. The zero-order valence-electron chi connectivity index (χ0n) is 10.2. The topological polar surface area (TPSA) is 69.6 Å². The molecule has 2 N–H and O–H groups in total. The van der Waals surface area contributed by atoms with Crippen LogP contribution in [0.3, 0.4) is 0 Å². The molecule has 2 fully saturated rings. The summed E-state index contributed by atoms with van der Waals surface area (Å²) in [4.78, 5) is 24.1. The summed E-state index contributed by atoms with van der Waals surface area (Å²) in [7, 11) is 0. The number of urea groups is 1. The van der Waals surface area contributed by atoms with Gasteiger partial charge in [-0.1, -0.05) is 19.8 Å². The first-order valence-corrected chi connectivity index (χ1v) is 6.33. The van der Waals surface area contributed by atoms with Crippen LogP contribution in [0.5, 0.6) is 0 Å². The van der Waals surface area contributed by atoms with E-state index in [1.54, 1.807) is 11.8 Å². The largest absolute Gasteiger partial charge is 0.481 e. The molecular weight excluding hydrogens is 220 g/mol. The highest BCUT2D eigenvalue weighted by Crippen LogP contribution is 2.31. The fraction of sp³-hybridized carbons (Fsp3) is 0.833. The molecule has 96 valence electrons. The predicted molar refractivity (Wildman–Crippen MR) is 62.6 cm³/mol. The molecule has 2 amide bonds. The van der Waals surface area contributed by atoms with Gasteiger partial charge in [-0.3, -0.25) is 4.79 Å². The van der Waals surface area contributed by atoms with E-state index in [0.717, 1.165) is 18.9 Å². The molecule has 0 bridgehead atoms.